The molecule has 0 N–H and O–H groups in total. The van der Waals surface area contributed by atoms with Crippen molar-refractivity contribution in [2.45, 2.75) is 13.0 Å². The van der Waals surface area contributed by atoms with E-state index < -0.39 is 10.1 Å². The van der Waals surface area contributed by atoms with Gasteiger partial charge in [-0.1, -0.05) is 19.1 Å². The van der Waals surface area contributed by atoms with Crippen LogP contribution in [-0.2, 0) is 14.3 Å². The third kappa shape index (κ3) is 4.32. The van der Waals surface area contributed by atoms with E-state index in [-0.39, 0.29) is 18.6 Å². The van der Waals surface area contributed by atoms with Gasteiger partial charge in [0, 0.05) is 5.92 Å². The molecule has 0 saturated heterocycles. The lowest BCUT2D eigenvalue weighted by molar-refractivity contribution is 0.278. The van der Waals surface area contributed by atoms with Crippen molar-refractivity contribution in [2.24, 2.45) is 11.0 Å². The highest BCUT2D eigenvalue weighted by Crippen LogP contribution is 2.32. The zero-order chi connectivity index (χ0) is 20.3. The third-order valence-corrected chi connectivity index (χ3v) is 5.20. The van der Waals surface area contributed by atoms with E-state index in [4.69, 9.17) is 19.3 Å². The molecule has 3 rings (SSSR count). The van der Waals surface area contributed by atoms with E-state index >= 15 is 0 Å². The predicted octanol–water partition coefficient (Wildman–Crippen LogP) is 2.77. The predicted molar refractivity (Wildman–Crippen MR) is 107 cm³/mol. The second-order valence-electron chi connectivity index (χ2n) is 6.56. The van der Waals surface area contributed by atoms with E-state index in [1.165, 1.54) is 0 Å². The number of nitriles is 1. The molecule has 1 aliphatic rings. The van der Waals surface area contributed by atoms with Crippen molar-refractivity contribution < 1.29 is 17.3 Å². The minimum Gasteiger partial charge on any atom is -0.497 e. The Kier molecular flexibility index (Phi) is 5.68. The molecule has 28 heavy (non-hydrogen) atoms. The average molecular weight is 399 g/mol. The summed E-state index contributed by atoms with van der Waals surface area (Å²) >= 11 is 0. The van der Waals surface area contributed by atoms with E-state index in [2.05, 4.69) is 6.07 Å². The van der Waals surface area contributed by atoms with Gasteiger partial charge in [0.2, 0.25) is 0 Å². The van der Waals surface area contributed by atoms with E-state index in [0.717, 1.165) is 29.0 Å². The van der Waals surface area contributed by atoms with Gasteiger partial charge in [-0.3, -0.25) is 9.19 Å². The number of hydrazone groups is 1. The first kappa shape index (κ1) is 19.9. The number of rotatable bonds is 6. The molecule has 8 heteroatoms. The molecule has 0 radical (unpaired) electrons. The van der Waals surface area contributed by atoms with Crippen molar-refractivity contribution >= 4 is 21.5 Å². The largest absolute Gasteiger partial charge is 0.497 e. The minimum atomic E-state index is -3.58. The van der Waals surface area contributed by atoms with Gasteiger partial charge in [-0.25, -0.2) is 0 Å². The van der Waals surface area contributed by atoms with Crippen molar-refractivity contribution in [1.29, 1.82) is 5.26 Å². The Labute approximate surface area is 164 Å². The van der Waals surface area contributed by atoms with Crippen molar-refractivity contribution in [3.8, 4) is 11.8 Å². The van der Waals surface area contributed by atoms with Crippen LogP contribution in [0.25, 0.3) is 0 Å². The van der Waals surface area contributed by atoms with Crippen molar-refractivity contribution in [2.75, 3.05) is 25.0 Å². The van der Waals surface area contributed by atoms with Crippen LogP contribution >= 0.6 is 0 Å². The summed E-state index contributed by atoms with van der Waals surface area (Å²) in [7, 11) is -1.98. The van der Waals surface area contributed by atoms with Crippen molar-refractivity contribution in [1.82, 2.24) is 0 Å². The van der Waals surface area contributed by atoms with Gasteiger partial charge in [0.15, 0.2) is 0 Å². The molecule has 1 heterocycles. The number of anilines is 1. The fourth-order valence-electron chi connectivity index (χ4n) is 3.10. The monoisotopic (exact) mass is 399 g/mol. The summed E-state index contributed by atoms with van der Waals surface area (Å²) in [5.41, 5.74) is 3.06. The summed E-state index contributed by atoms with van der Waals surface area (Å²) in [6, 6.07) is 16.3. The van der Waals surface area contributed by atoms with Crippen molar-refractivity contribution in [3.63, 3.8) is 0 Å². The van der Waals surface area contributed by atoms with E-state index in [1.807, 2.05) is 43.3 Å². The maximum absolute atomic E-state index is 11.5. The van der Waals surface area contributed by atoms with Gasteiger partial charge in [-0.15, -0.1) is 0 Å². The Morgan fingerprint density at radius 2 is 1.79 bits per heavy atom. The van der Waals surface area contributed by atoms with E-state index in [9.17, 15) is 8.42 Å². The molecule has 0 amide bonds. The van der Waals surface area contributed by atoms with Crippen LogP contribution in [-0.4, -0.2) is 40.1 Å². The SMILES string of the molecule is COc1ccc(N2N=C(c3ccc(C#N)cc3)C(C)C2COS(C)(=O)=O)cc1. The second kappa shape index (κ2) is 8.00. The van der Waals surface area contributed by atoms with Crippen LogP contribution in [0.3, 0.4) is 0 Å². The van der Waals surface area contributed by atoms with Crippen LogP contribution in [0, 0.1) is 17.2 Å². The fraction of sp³-hybridized carbons (Fsp3) is 0.300. The van der Waals surface area contributed by atoms with Crippen LogP contribution in [0.5, 0.6) is 5.75 Å². The number of hydrogen-bond donors (Lipinski definition) is 0. The van der Waals surface area contributed by atoms with Crippen LogP contribution in [0.15, 0.2) is 53.6 Å². The molecule has 0 saturated carbocycles. The van der Waals surface area contributed by atoms with Crippen LogP contribution < -0.4 is 9.75 Å². The Bertz CT molecular complexity index is 1010. The molecule has 2 aromatic carbocycles. The van der Waals surface area contributed by atoms with Gasteiger partial charge in [-0.2, -0.15) is 18.8 Å². The molecular weight excluding hydrogens is 378 g/mol. The number of ether oxygens (including phenoxy) is 1. The highest BCUT2D eigenvalue weighted by atomic mass is 32.2. The maximum Gasteiger partial charge on any atom is 0.264 e. The molecule has 2 aromatic rings. The van der Waals surface area contributed by atoms with Gasteiger partial charge >= 0.3 is 0 Å². The first-order chi connectivity index (χ1) is 13.3. The summed E-state index contributed by atoms with van der Waals surface area (Å²) in [5, 5.41) is 15.5. The smallest absolute Gasteiger partial charge is 0.264 e. The molecule has 7 nitrogen and oxygen atoms in total. The summed E-state index contributed by atoms with van der Waals surface area (Å²) in [5.74, 6) is 0.632. The van der Waals surface area contributed by atoms with Gasteiger partial charge in [0.05, 0.1) is 49.0 Å². The zero-order valence-corrected chi connectivity index (χ0v) is 16.7. The number of methoxy groups -OCH3 is 1. The topological polar surface area (TPSA) is 92.0 Å². The molecule has 0 fully saturated rings. The van der Waals surface area contributed by atoms with Crippen LogP contribution in [0.4, 0.5) is 5.69 Å². The van der Waals surface area contributed by atoms with Gasteiger partial charge < -0.3 is 4.74 Å². The molecule has 2 unspecified atom stereocenters. The zero-order valence-electron chi connectivity index (χ0n) is 15.9. The molecular formula is C20H21N3O4S. The molecule has 0 bridgehead atoms. The first-order valence-electron chi connectivity index (χ1n) is 8.69. The quantitative estimate of drug-likeness (QED) is 0.694. The van der Waals surface area contributed by atoms with Gasteiger partial charge in [-0.05, 0) is 42.0 Å². The minimum absolute atomic E-state index is 0.0185. The molecule has 0 aromatic heterocycles. The number of nitrogens with zero attached hydrogens (tertiary/aromatic N) is 3. The number of benzene rings is 2. The molecule has 1 aliphatic heterocycles. The Hall–Kier alpha value is -2.89. The Morgan fingerprint density at radius 3 is 2.32 bits per heavy atom. The Morgan fingerprint density at radius 1 is 1.14 bits per heavy atom. The maximum atomic E-state index is 11.5. The van der Waals surface area contributed by atoms with E-state index in [1.54, 1.807) is 24.3 Å². The summed E-state index contributed by atoms with van der Waals surface area (Å²) in [4.78, 5) is 0. The van der Waals surface area contributed by atoms with Gasteiger partial charge in [0.25, 0.3) is 10.1 Å². The summed E-state index contributed by atoms with van der Waals surface area (Å²) in [6.07, 6.45) is 1.03. The standard InChI is InChI=1S/C20H21N3O4S/c1-14-19(13-27-28(3,24)25)23(17-8-10-18(26-2)11-9-17)22-20(14)16-6-4-15(12-21)5-7-16/h4-11,14,19H,13H2,1-3H3. The van der Waals surface area contributed by atoms with Crippen molar-refractivity contribution in [3.05, 3.63) is 59.7 Å². The Balaban J connectivity index is 1.96. The normalized spacial score (nSPS) is 19.2. The summed E-state index contributed by atoms with van der Waals surface area (Å²) < 4.78 is 33.3. The van der Waals surface area contributed by atoms with Crippen LogP contribution in [0.1, 0.15) is 18.1 Å². The fourth-order valence-corrected chi connectivity index (χ4v) is 3.49. The summed E-state index contributed by atoms with van der Waals surface area (Å²) in [6.45, 7) is 1.96. The van der Waals surface area contributed by atoms with E-state index in [0.29, 0.717) is 5.56 Å². The van der Waals surface area contributed by atoms with Crippen LogP contribution in [0.2, 0.25) is 0 Å². The first-order valence-corrected chi connectivity index (χ1v) is 10.5. The second-order valence-corrected chi connectivity index (χ2v) is 8.21. The molecule has 146 valence electrons. The average Bonchev–Trinajstić information content (AvgIpc) is 3.02. The van der Waals surface area contributed by atoms with Gasteiger partial charge in [0.1, 0.15) is 5.75 Å². The molecule has 2 atom stereocenters. The lowest BCUT2D eigenvalue weighted by Crippen LogP contribution is -2.37. The molecule has 0 spiro atoms. The highest BCUT2D eigenvalue weighted by Gasteiger charge is 2.36. The third-order valence-electron chi connectivity index (χ3n) is 4.64. The molecule has 0 aliphatic carbocycles. The highest BCUT2D eigenvalue weighted by molar-refractivity contribution is 7.85. The lowest BCUT2D eigenvalue weighted by atomic mass is 9.93. The number of hydrogen-bond acceptors (Lipinski definition) is 7. The lowest BCUT2D eigenvalue weighted by Gasteiger charge is -2.26.